The fourth-order valence-electron chi connectivity index (χ4n) is 2.83. The van der Waals surface area contributed by atoms with Crippen molar-refractivity contribution in [3.63, 3.8) is 0 Å². The van der Waals surface area contributed by atoms with Crippen LogP contribution in [-0.2, 0) is 26.3 Å². The molecule has 2 rings (SSSR count). The number of hydrogen-bond acceptors (Lipinski definition) is 9. The highest BCUT2D eigenvalue weighted by molar-refractivity contribution is 7.88. The van der Waals surface area contributed by atoms with Gasteiger partial charge in [0.25, 0.3) is 0 Å². The van der Waals surface area contributed by atoms with Gasteiger partial charge in [-0.1, -0.05) is 13.2 Å². The maximum absolute atomic E-state index is 11.8. The molecule has 0 aliphatic heterocycles. The molecule has 0 aliphatic carbocycles. The van der Waals surface area contributed by atoms with Crippen molar-refractivity contribution >= 4 is 44.6 Å². The number of azo groups is 1. The molecule has 1 aromatic carbocycles. The van der Waals surface area contributed by atoms with E-state index in [1.54, 1.807) is 38.3 Å². The molecule has 0 aliphatic rings. The summed E-state index contributed by atoms with van der Waals surface area (Å²) < 4.78 is 28.6. The van der Waals surface area contributed by atoms with E-state index in [-0.39, 0.29) is 0 Å². The Morgan fingerprint density at radius 3 is 2.44 bits per heavy atom. The Morgan fingerprint density at radius 1 is 1.12 bits per heavy atom. The average Bonchev–Trinajstić information content (AvgIpc) is 2.86. The number of aromatic nitrogens is 1. The highest BCUT2D eigenvalue weighted by Gasteiger charge is 2.17. The number of hydrogen-bond donors (Lipinski definition) is 2. The maximum Gasteiger partial charge on any atom is 0.156 e. The summed E-state index contributed by atoms with van der Waals surface area (Å²) in [5.74, 6) is 1.19. The van der Waals surface area contributed by atoms with Crippen molar-refractivity contribution in [1.82, 2.24) is 4.98 Å². The van der Waals surface area contributed by atoms with Crippen LogP contribution in [0.15, 0.2) is 63.4 Å². The van der Waals surface area contributed by atoms with Crippen LogP contribution in [0.4, 0.5) is 23.0 Å². The van der Waals surface area contributed by atoms with Crippen molar-refractivity contribution in [2.24, 2.45) is 10.2 Å². The van der Waals surface area contributed by atoms with Gasteiger partial charge in [0.05, 0.1) is 22.1 Å². The summed E-state index contributed by atoms with van der Waals surface area (Å²) in [6.45, 7) is 10.3. The predicted octanol–water partition coefficient (Wildman–Crippen LogP) is 4.68. The SMILES string of the molecule is C=CS(=O)CCNc1nc(NCCCOC)c(N=Nc2ccc(S(=O)C=C)cc2)c(C)c1C#N. The maximum atomic E-state index is 11.8. The lowest BCUT2D eigenvalue weighted by Gasteiger charge is -2.15. The monoisotopic (exact) mass is 500 g/mol. The Morgan fingerprint density at radius 2 is 1.82 bits per heavy atom. The second-order valence-corrected chi connectivity index (χ2v) is 9.78. The van der Waals surface area contributed by atoms with Gasteiger partial charge in [-0.05, 0) is 43.0 Å². The van der Waals surface area contributed by atoms with E-state index in [1.165, 1.54) is 10.8 Å². The topological polar surface area (TPSA) is 129 Å². The van der Waals surface area contributed by atoms with E-state index in [0.717, 1.165) is 6.42 Å². The minimum Gasteiger partial charge on any atom is -0.385 e. The van der Waals surface area contributed by atoms with Gasteiger partial charge in [0, 0.05) is 59.2 Å². The van der Waals surface area contributed by atoms with Crippen molar-refractivity contribution in [3.05, 3.63) is 59.4 Å². The van der Waals surface area contributed by atoms with Crippen LogP contribution >= 0.6 is 0 Å². The molecule has 0 spiro atoms. The van der Waals surface area contributed by atoms with Gasteiger partial charge in [-0.2, -0.15) is 10.4 Å². The smallest absolute Gasteiger partial charge is 0.156 e. The predicted molar refractivity (Wildman–Crippen MR) is 138 cm³/mol. The zero-order chi connectivity index (χ0) is 24.9. The van der Waals surface area contributed by atoms with Gasteiger partial charge in [-0.15, -0.1) is 5.11 Å². The summed E-state index contributed by atoms with van der Waals surface area (Å²) in [5, 5.41) is 27.5. The third-order valence-corrected chi connectivity index (χ3v) is 6.63. The van der Waals surface area contributed by atoms with Gasteiger partial charge >= 0.3 is 0 Å². The van der Waals surface area contributed by atoms with Crippen LogP contribution in [0.2, 0.25) is 0 Å². The number of nitrogens with zero attached hydrogens (tertiary/aromatic N) is 4. The molecule has 2 atom stereocenters. The van der Waals surface area contributed by atoms with E-state index >= 15 is 0 Å². The van der Waals surface area contributed by atoms with Gasteiger partial charge in [-0.3, -0.25) is 4.21 Å². The van der Waals surface area contributed by atoms with E-state index in [9.17, 15) is 13.7 Å². The number of anilines is 2. The van der Waals surface area contributed by atoms with Crippen molar-refractivity contribution < 1.29 is 13.2 Å². The van der Waals surface area contributed by atoms with Crippen molar-refractivity contribution in [2.75, 3.05) is 43.2 Å². The molecule has 0 saturated heterocycles. The molecule has 1 aromatic heterocycles. The summed E-state index contributed by atoms with van der Waals surface area (Å²) in [5.41, 5.74) is 1.93. The Labute approximate surface area is 205 Å². The first-order chi connectivity index (χ1) is 16.4. The Hall–Kier alpha value is -3.20. The molecular weight excluding hydrogens is 472 g/mol. The third-order valence-electron chi connectivity index (χ3n) is 4.61. The van der Waals surface area contributed by atoms with E-state index in [2.05, 4.69) is 45.1 Å². The quantitative estimate of drug-likeness (QED) is 0.285. The van der Waals surface area contributed by atoms with Crippen LogP contribution in [0.5, 0.6) is 0 Å². The highest BCUT2D eigenvalue weighted by Crippen LogP contribution is 2.34. The summed E-state index contributed by atoms with van der Waals surface area (Å²) >= 11 is 0. The Kier molecular flexibility index (Phi) is 11.3. The Balaban J connectivity index is 2.38. The molecule has 34 heavy (non-hydrogen) atoms. The standard InChI is InChI=1S/C23H28N6O3S2/c1-5-33(30)15-13-26-22-20(16-24)17(3)21(23(27-22)25-12-7-14-32-4)29-28-18-8-10-19(11-9-18)34(31)6-2/h5-6,8-11H,1-2,7,12-15H2,3-4H3,(H2,25,26,27). The molecule has 2 aromatic rings. The molecule has 2 unspecified atom stereocenters. The van der Waals surface area contributed by atoms with Crippen molar-refractivity contribution in [2.45, 2.75) is 18.2 Å². The zero-order valence-corrected chi connectivity index (χ0v) is 20.9. The van der Waals surface area contributed by atoms with E-state index in [4.69, 9.17) is 4.74 Å². The number of pyridine rings is 1. The Bertz CT molecular complexity index is 1130. The van der Waals surface area contributed by atoms with Gasteiger partial charge < -0.3 is 15.4 Å². The minimum atomic E-state index is -1.27. The zero-order valence-electron chi connectivity index (χ0n) is 19.2. The van der Waals surface area contributed by atoms with Crippen LogP contribution in [0.25, 0.3) is 0 Å². The molecule has 9 nitrogen and oxygen atoms in total. The lowest BCUT2D eigenvalue weighted by molar-refractivity contribution is 0.198. The number of nitriles is 1. The van der Waals surface area contributed by atoms with Crippen LogP contribution in [0.3, 0.4) is 0 Å². The van der Waals surface area contributed by atoms with Crippen molar-refractivity contribution in [1.29, 1.82) is 5.26 Å². The summed E-state index contributed by atoms with van der Waals surface area (Å²) in [4.78, 5) is 5.19. The summed E-state index contributed by atoms with van der Waals surface area (Å²) in [6, 6.07) is 8.97. The molecule has 0 bridgehead atoms. The molecule has 0 radical (unpaired) electrons. The first-order valence-corrected chi connectivity index (χ1v) is 13.0. The number of ether oxygens (including phenoxy) is 1. The van der Waals surface area contributed by atoms with Crippen LogP contribution in [-0.4, -0.2) is 46.0 Å². The molecule has 2 N–H and O–H groups in total. The number of methoxy groups -OCH3 is 1. The molecule has 0 amide bonds. The van der Waals surface area contributed by atoms with E-state index in [1.807, 2.05) is 0 Å². The number of benzene rings is 1. The molecule has 0 saturated carbocycles. The first-order valence-electron chi connectivity index (χ1n) is 10.4. The fraction of sp³-hybridized carbons (Fsp3) is 0.304. The lowest BCUT2D eigenvalue weighted by Crippen LogP contribution is -2.14. The second-order valence-electron chi connectivity index (χ2n) is 6.88. The van der Waals surface area contributed by atoms with E-state index in [0.29, 0.717) is 64.5 Å². The molecule has 180 valence electrons. The van der Waals surface area contributed by atoms with Crippen LogP contribution < -0.4 is 10.6 Å². The average molecular weight is 501 g/mol. The van der Waals surface area contributed by atoms with Crippen molar-refractivity contribution in [3.8, 4) is 6.07 Å². The number of nitrogens with one attached hydrogen (secondary N) is 2. The first kappa shape index (κ1) is 27.0. The van der Waals surface area contributed by atoms with E-state index < -0.39 is 21.6 Å². The molecule has 11 heteroatoms. The van der Waals surface area contributed by atoms with Gasteiger partial charge in [-0.25, -0.2) is 9.19 Å². The van der Waals surface area contributed by atoms with Gasteiger partial charge in [0.15, 0.2) is 5.82 Å². The summed E-state index contributed by atoms with van der Waals surface area (Å²) in [7, 11) is -0.796. The third kappa shape index (κ3) is 7.69. The molecular formula is C23H28N6O3S2. The van der Waals surface area contributed by atoms with Gasteiger partial charge in [0.1, 0.15) is 17.6 Å². The van der Waals surface area contributed by atoms with Gasteiger partial charge in [0.2, 0.25) is 0 Å². The van der Waals surface area contributed by atoms with Crippen LogP contribution in [0.1, 0.15) is 17.5 Å². The second kappa shape index (κ2) is 14.1. The lowest BCUT2D eigenvalue weighted by atomic mass is 10.1. The normalized spacial score (nSPS) is 12.6. The molecule has 0 fully saturated rings. The highest BCUT2D eigenvalue weighted by atomic mass is 32.2. The minimum absolute atomic E-state index is 0.331. The largest absolute Gasteiger partial charge is 0.385 e. The fourth-order valence-corrected chi connectivity index (χ4v) is 3.90. The molecule has 1 heterocycles. The van der Waals surface area contributed by atoms with Crippen LogP contribution in [0, 0.1) is 18.3 Å². The number of rotatable bonds is 14. The summed E-state index contributed by atoms with van der Waals surface area (Å²) in [6.07, 6.45) is 0.747.